The monoisotopic (exact) mass is 328 g/mol. The van der Waals surface area contributed by atoms with Gasteiger partial charge in [0.15, 0.2) is 0 Å². The smallest absolute Gasteiger partial charge is 0.142 e. The summed E-state index contributed by atoms with van der Waals surface area (Å²) in [6.45, 7) is 0. The van der Waals surface area contributed by atoms with Gasteiger partial charge in [-0.2, -0.15) is 11.3 Å². The summed E-state index contributed by atoms with van der Waals surface area (Å²) in [5.74, 6) is 1.26. The molecule has 2 aromatic rings. The van der Waals surface area contributed by atoms with E-state index in [4.69, 9.17) is 9.47 Å². The number of rotatable bonds is 4. The van der Waals surface area contributed by atoms with Crippen LogP contribution in [0.5, 0.6) is 11.5 Å². The van der Waals surface area contributed by atoms with Gasteiger partial charge >= 0.3 is 0 Å². The first-order valence-electron chi connectivity index (χ1n) is 5.29. The summed E-state index contributed by atoms with van der Waals surface area (Å²) in [5, 5.41) is 14.2. The maximum atomic E-state index is 10.3. The van der Waals surface area contributed by atoms with E-state index >= 15 is 0 Å². The fourth-order valence-electron chi connectivity index (χ4n) is 1.74. The highest BCUT2D eigenvalue weighted by Crippen LogP contribution is 2.41. The van der Waals surface area contributed by atoms with Gasteiger partial charge in [0.25, 0.3) is 0 Å². The molecule has 5 heteroatoms. The van der Waals surface area contributed by atoms with Crippen LogP contribution < -0.4 is 9.47 Å². The number of benzene rings is 1. The molecule has 2 rings (SSSR count). The van der Waals surface area contributed by atoms with Crippen LogP contribution in [0.2, 0.25) is 0 Å². The third-order valence-corrected chi connectivity index (χ3v) is 4.12. The molecule has 0 amide bonds. The van der Waals surface area contributed by atoms with E-state index < -0.39 is 6.10 Å². The van der Waals surface area contributed by atoms with Gasteiger partial charge in [-0.3, -0.25) is 0 Å². The molecule has 0 saturated carbocycles. The fraction of sp³-hybridized carbons (Fsp3) is 0.231. The van der Waals surface area contributed by atoms with Crippen LogP contribution in [0.4, 0.5) is 0 Å². The lowest BCUT2D eigenvalue weighted by atomic mass is 10.0. The number of aliphatic hydroxyl groups is 1. The van der Waals surface area contributed by atoms with E-state index in [1.165, 1.54) is 0 Å². The lowest BCUT2D eigenvalue weighted by Crippen LogP contribution is -2.02. The quantitative estimate of drug-likeness (QED) is 0.931. The zero-order valence-corrected chi connectivity index (χ0v) is 12.4. The van der Waals surface area contributed by atoms with Crippen LogP contribution in [0.3, 0.4) is 0 Å². The van der Waals surface area contributed by atoms with Crippen LogP contribution >= 0.6 is 27.3 Å². The van der Waals surface area contributed by atoms with Crippen LogP contribution in [0.25, 0.3) is 0 Å². The predicted octanol–water partition coefficient (Wildman–Crippen LogP) is 3.61. The van der Waals surface area contributed by atoms with Gasteiger partial charge in [0.2, 0.25) is 0 Å². The standard InChI is InChI=1S/C13H13BrO3S/c1-16-10-4-3-9(13(17-2)11(10)14)12(15)8-5-6-18-7-8/h3-7,12,15H,1-2H3. The number of methoxy groups -OCH3 is 2. The molecule has 0 fully saturated rings. The van der Waals surface area contributed by atoms with Gasteiger partial charge < -0.3 is 14.6 Å². The number of halogens is 1. The Hall–Kier alpha value is -1.04. The Morgan fingerprint density at radius 3 is 2.56 bits per heavy atom. The predicted molar refractivity (Wildman–Crippen MR) is 75.6 cm³/mol. The third kappa shape index (κ3) is 2.39. The Labute approximate surface area is 118 Å². The van der Waals surface area contributed by atoms with Crippen LogP contribution in [0.1, 0.15) is 17.2 Å². The lowest BCUT2D eigenvalue weighted by Gasteiger charge is -2.17. The molecule has 3 nitrogen and oxygen atoms in total. The first-order valence-corrected chi connectivity index (χ1v) is 7.03. The van der Waals surface area contributed by atoms with Crippen molar-refractivity contribution < 1.29 is 14.6 Å². The minimum atomic E-state index is -0.701. The zero-order valence-electron chi connectivity index (χ0n) is 10.0. The van der Waals surface area contributed by atoms with Crippen molar-refractivity contribution in [2.45, 2.75) is 6.10 Å². The van der Waals surface area contributed by atoms with Gasteiger partial charge in [-0.15, -0.1) is 0 Å². The van der Waals surface area contributed by atoms with Gasteiger partial charge in [0.05, 0.1) is 14.2 Å². The second-order valence-electron chi connectivity index (χ2n) is 3.66. The Kier molecular flexibility index (Phi) is 4.27. The molecule has 18 heavy (non-hydrogen) atoms. The first-order chi connectivity index (χ1) is 8.69. The van der Waals surface area contributed by atoms with E-state index in [1.807, 2.05) is 22.9 Å². The van der Waals surface area contributed by atoms with E-state index in [0.29, 0.717) is 21.5 Å². The maximum Gasteiger partial charge on any atom is 0.142 e. The van der Waals surface area contributed by atoms with Crippen LogP contribution in [0, 0.1) is 0 Å². The van der Waals surface area contributed by atoms with E-state index in [0.717, 1.165) is 5.56 Å². The molecule has 1 heterocycles. The molecular weight excluding hydrogens is 316 g/mol. The van der Waals surface area contributed by atoms with Gasteiger partial charge in [-0.25, -0.2) is 0 Å². The highest BCUT2D eigenvalue weighted by Gasteiger charge is 2.20. The van der Waals surface area contributed by atoms with Crippen molar-refractivity contribution in [3.05, 3.63) is 44.6 Å². The van der Waals surface area contributed by atoms with Crippen molar-refractivity contribution in [1.29, 1.82) is 0 Å². The van der Waals surface area contributed by atoms with Gasteiger partial charge in [-0.05, 0) is 50.5 Å². The molecule has 1 N–H and O–H groups in total. The topological polar surface area (TPSA) is 38.7 Å². The maximum absolute atomic E-state index is 10.3. The van der Waals surface area contributed by atoms with Gasteiger partial charge in [-0.1, -0.05) is 0 Å². The van der Waals surface area contributed by atoms with Crippen molar-refractivity contribution in [2.75, 3.05) is 14.2 Å². The summed E-state index contributed by atoms with van der Waals surface area (Å²) < 4.78 is 11.3. The van der Waals surface area contributed by atoms with Crippen LogP contribution in [0.15, 0.2) is 33.4 Å². The SMILES string of the molecule is COc1ccc(C(O)c2ccsc2)c(OC)c1Br. The first kappa shape index (κ1) is 13.4. The molecule has 1 aromatic carbocycles. The molecule has 0 aliphatic heterocycles. The Morgan fingerprint density at radius 2 is 2.00 bits per heavy atom. The Balaban J connectivity index is 2.48. The second kappa shape index (κ2) is 5.73. The molecule has 0 saturated heterocycles. The van der Waals surface area contributed by atoms with E-state index in [1.54, 1.807) is 31.6 Å². The van der Waals surface area contributed by atoms with E-state index in [2.05, 4.69) is 15.9 Å². The summed E-state index contributed by atoms with van der Waals surface area (Å²) in [6, 6.07) is 5.51. The van der Waals surface area contributed by atoms with Crippen LogP contribution in [-0.2, 0) is 0 Å². The molecule has 0 bridgehead atoms. The molecule has 0 spiro atoms. The summed E-state index contributed by atoms with van der Waals surface area (Å²) in [5.41, 5.74) is 1.57. The average molecular weight is 329 g/mol. The zero-order chi connectivity index (χ0) is 13.1. The van der Waals surface area contributed by atoms with Crippen molar-refractivity contribution >= 4 is 27.3 Å². The highest BCUT2D eigenvalue weighted by atomic mass is 79.9. The summed E-state index contributed by atoms with van der Waals surface area (Å²) in [4.78, 5) is 0. The Morgan fingerprint density at radius 1 is 1.22 bits per heavy atom. The number of aliphatic hydroxyl groups excluding tert-OH is 1. The largest absolute Gasteiger partial charge is 0.495 e. The number of ether oxygens (including phenoxy) is 2. The van der Waals surface area contributed by atoms with Crippen molar-refractivity contribution in [2.24, 2.45) is 0 Å². The normalized spacial score (nSPS) is 12.2. The lowest BCUT2D eigenvalue weighted by molar-refractivity contribution is 0.214. The summed E-state index contributed by atoms with van der Waals surface area (Å²) in [7, 11) is 3.16. The Bertz CT molecular complexity index is 525. The minimum absolute atomic E-state index is 0.591. The minimum Gasteiger partial charge on any atom is -0.495 e. The molecule has 0 aliphatic carbocycles. The average Bonchev–Trinajstić information content (AvgIpc) is 2.91. The van der Waals surface area contributed by atoms with Crippen molar-refractivity contribution in [3.8, 4) is 11.5 Å². The molecule has 0 aliphatic rings. The van der Waals surface area contributed by atoms with E-state index in [-0.39, 0.29) is 0 Å². The van der Waals surface area contributed by atoms with E-state index in [9.17, 15) is 5.11 Å². The van der Waals surface area contributed by atoms with Crippen LogP contribution in [-0.4, -0.2) is 19.3 Å². The highest BCUT2D eigenvalue weighted by molar-refractivity contribution is 9.10. The molecule has 96 valence electrons. The third-order valence-electron chi connectivity index (χ3n) is 2.67. The summed E-state index contributed by atoms with van der Waals surface area (Å²) in [6.07, 6.45) is -0.701. The molecular formula is C13H13BrO3S. The van der Waals surface area contributed by atoms with Gasteiger partial charge in [0, 0.05) is 5.56 Å². The number of thiophene rings is 1. The van der Waals surface area contributed by atoms with Gasteiger partial charge in [0.1, 0.15) is 22.1 Å². The summed E-state index contributed by atoms with van der Waals surface area (Å²) >= 11 is 4.98. The molecule has 1 aromatic heterocycles. The number of hydrogen-bond acceptors (Lipinski definition) is 4. The second-order valence-corrected chi connectivity index (χ2v) is 5.24. The van der Waals surface area contributed by atoms with Crippen molar-refractivity contribution in [3.63, 3.8) is 0 Å². The molecule has 0 radical (unpaired) electrons. The fourth-order valence-corrected chi connectivity index (χ4v) is 3.11. The van der Waals surface area contributed by atoms with Crippen molar-refractivity contribution in [1.82, 2.24) is 0 Å². The molecule has 1 unspecified atom stereocenters. The number of hydrogen-bond donors (Lipinski definition) is 1. The molecule has 1 atom stereocenters.